The summed E-state index contributed by atoms with van der Waals surface area (Å²) in [6.45, 7) is 10.1. The molecule has 1 aromatic carbocycles. The Labute approximate surface area is 115 Å². The minimum atomic E-state index is -0.218. The molecule has 106 valence electrons. The van der Waals surface area contributed by atoms with Gasteiger partial charge in [0.05, 0.1) is 0 Å². The number of rotatable bonds is 3. The van der Waals surface area contributed by atoms with Crippen molar-refractivity contribution in [2.24, 2.45) is 5.73 Å². The van der Waals surface area contributed by atoms with Gasteiger partial charge in [-0.2, -0.15) is 0 Å². The molecule has 19 heavy (non-hydrogen) atoms. The second-order valence-electron chi connectivity index (χ2n) is 6.05. The van der Waals surface area contributed by atoms with Crippen molar-refractivity contribution >= 4 is 5.91 Å². The van der Waals surface area contributed by atoms with Crippen LogP contribution in [0.15, 0.2) is 12.1 Å². The Bertz CT molecular complexity index is 476. The Morgan fingerprint density at radius 1 is 1.42 bits per heavy atom. The van der Waals surface area contributed by atoms with Gasteiger partial charge in [0.1, 0.15) is 5.75 Å². The average molecular weight is 264 g/mol. The van der Waals surface area contributed by atoms with Gasteiger partial charge in [-0.05, 0) is 37.0 Å². The number of nitrogens with one attached hydrogen (secondary N) is 1. The van der Waals surface area contributed by atoms with Crippen molar-refractivity contribution in [3.63, 3.8) is 0 Å². The number of phenolic OH excluding ortho intramolecular Hbond substituents is 1. The fraction of sp³-hybridized carbons (Fsp3) is 0.533. The zero-order valence-electron chi connectivity index (χ0n) is 12.4. The van der Waals surface area contributed by atoms with Crippen LogP contribution in [0.25, 0.3) is 0 Å². The van der Waals surface area contributed by atoms with Crippen molar-refractivity contribution in [2.75, 3.05) is 6.54 Å². The van der Waals surface area contributed by atoms with E-state index >= 15 is 0 Å². The van der Waals surface area contributed by atoms with Crippen molar-refractivity contribution in [1.29, 1.82) is 0 Å². The molecule has 1 aromatic rings. The van der Waals surface area contributed by atoms with Crippen LogP contribution in [-0.4, -0.2) is 23.6 Å². The number of nitrogens with two attached hydrogens (primary N) is 1. The van der Waals surface area contributed by atoms with Crippen LogP contribution in [0, 0.1) is 6.92 Å². The SMILES string of the molecule is Cc1cc(C(=O)NC(C)CN)cc(C(C)(C)C)c1O. The Morgan fingerprint density at radius 3 is 2.47 bits per heavy atom. The summed E-state index contributed by atoms with van der Waals surface area (Å²) in [5.41, 5.74) is 7.32. The first-order valence-corrected chi connectivity index (χ1v) is 6.51. The first-order valence-electron chi connectivity index (χ1n) is 6.51. The van der Waals surface area contributed by atoms with E-state index < -0.39 is 0 Å². The smallest absolute Gasteiger partial charge is 0.251 e. The van der Waals surface area contributed by atoms with Crippen molar-refractivity contribution in [2.45, 2.75) is 46.1 Å². The first kappa shape index (κ1) is 15.5. The highest BCUT2D eigenvalue weighted by Crippen LogP contribution is 2.34. The molecule has 0 aliphatic carbocycles. The van der Waals surface area contributed by atoms with Gasteiger partial charge < -0.3 is 16.2 Å². The molecule has 4 heteroatoms. The average Bonchev–Trinajstić information content (AvgIpc) is 2.30. The van der Waals surface area contributed by atoms with E-state index in [2.05, 4.69) is 5.32 Å². The summed E-state index contributed by atoms with van der Waals surface area (Å²) in [7, 11) is 0. The predicted molar refractivity (Wildman–Crippen MR) is 77.5 cm³/mol. The van der Waals surface area contributed by atoms with Crippen molar-refractivity contribution in [3.8, 4) is 5.75 Å². The van der Waals surface area contributed by atoms with Gasteiger partial charge in [0.25, 0.3) is 5.91 Å². The third-order valence-electron chi connectivity index (χ3n) is 3.10. The summed E-state index contributed by atoms with van der Waals surface area (Å²) < 4.78 is 0. The Kier molecular flexibility index (Phi) is 4.58. The maximum absolute atomic E-state index is 12.1. The van der Waals surface area contributed by atoms with E-state index in [1.54, 1.807) is 19.1 Å². The van der Waals surface area contributed by atoms with Gasteiger partial charge in [-0.15, -0.1) is 0 Å². The Hall–Kier alpha value is -1.55. The van der Waals surface area contributed by atoms with E-state index in [1.807, 2.05) is 27.7 Å². The lowest BCUT2D eigenvalue weighted by Crippen LogP contribution is -2.37. The molecule has 0 aliphatic rings. The molecular weight excluding hydrogens is 240 g/mol. The summed E-state index contributed by atoms with van der Waals surface area (Å²) in [5.74, 6) is 0.0995. The van der Waals surface area contributed by atoms with Crippen LogP contribution < -0.4 is 11.1 Å². The van der Waals surface area contributed by atoms with Gasteiger partial charge in [-0.1, -0.05) is 20.8 Å². The number of hydrogen-bond donors (Lipinski definition) is 3. The number of carbonyl (C=O) groups is 1. The van der Waals surface area contributed by atoms with Gasteiger partial charge in [0.2, 0.25) is 0 Å². The number of carbonyl (C=O) groups excluding carboxylic acids is 1. The predicted octanol–water partition coefficient (Wildman–Crippen LogP) is 2.08. The van der Waals surface area contributed by atoms with Crippen molar-refractivity contribution < 1.29 is 9.90 Å². The van der Waals surface area contributed by atoms with E-state index in [4.69, 9.17) is 5.73 Å². The molecule has 0 bridgehead atoms. The highest BCUT2D eigenvalue weighted by atomic mass is 16.3. The van der Waals surface area contributed by atoms with E-state index in [0.717, 1.165) is 5.56 Å². The van der Waals surface area contributed by atoms with Gasteiger partial charge in [0.15, 0.2) is 0 Å². The van der Waals surface area contributed by atoms with E-state index in [1.165, 1.54) is 0 Å². The van der Waals surface area contributed by atoms with Gasteiger partial charge in [-0.25, -0.2) is 0 Å². The van der Waals surface area contributed by atoms with Gasteiger partial charge in [-0.3, -0.25) is 4.79 Å². The molecule has 0 spiro atoms. The Morgan fingerprint density at radius 2 is 2.00 bits per heavy atom. The minimum absolute atomic E-state index is 0.0697. The minimum Gasteiger partial charge on any atom is -0.507 e. The second kappa shape index (κ2) is 5.61. The van der Waals surface area contributed by atoms with Crippen LogP contribution >= 0.6 is 0 Å². The molecule has 1 amide bonds. The second-order valence-corrected chi connectivity index (χ2v) is 6.05. The lowest BCUT2D eigenvalue weighted by Gasteiger charge is -2.23. The molecule has 0 saturated heterocycles. The number of phenols is 1. The third kappa shape index (κ3) is 3.70. The lowest BCUT2D eigenvalue weighted by atomic mass is 9.84. The summed E-state index contributed by atoms with van der Waals surface area (Å²) in [4.78, 5) is 12.1. The van der Waals surface area contributed by atoms with Crippen LogP contribution in [0.3, 0.4) is 0 Å². The van der Waals surface area contributed by atoms with Crippen molar-refractivity contribution in [1.82, 2.24) is 5.32 Å². The van der Waals surface area contributed by atoms with E-state index in [9.17, 15) is 9.90 Å². The molecule has 0 aromatic heterocycles. The van der Waals surface area contributed by atoms with Gasteiger partial charge >= 0.3 is 0 Å². The highest BCUT2D eigenvalue weighted by molar-refractivity contribution is 5.95. The fourth-order valence-corrected chi connectivity index (χ4v) is 1.85. The number of aryl methyl sites for hydroxylation is 1. The monoisotopic (exact) mass is 264 g/mol. The first-order chi connectivity index (χ1) is 8.66. The lowest BCUT2D eigenvalue weighted by molar-refractivity contribution is 0.0941. The Balaban J connectivity index is 3.17. The standard InChI is InChI=1S/C15H24N2O2/c1-9-6-11(14(19)17-10(2)8-16)7-12(13(9)18)15(3,4)5/h6-7,10,18H,8,16H2,1-5H3,(H,17,19). The molecule has 4 nitrogen and oxygen atoms in total. The highest BCUT2D eigenvalue weighted by Gasteiger charge is 2.22. The van der Waals surface area contributed by atoms with Crippen LogP contribution in [0.4, 0.5) is 0 Å². The molecule has 0 radical (unpaired) electrons. The molecule has 0 aliphatic heterocycles. The molecule has 1 atom stereocenters. The topological polar surface area (TPSA) is 75.4 Å². The van der Waals surface area contributed by atoms with Crippen LogP contribution in [0.2, 0.25) is 0 Å². The van der Waals surface area contributed by atoms with E-state index in [-0.39, 0.29) is 23.1 Å². The quantitative estimate of drug-likeness (QED) is 0.782. The van der Waals surface area contributed by atoms with Crippen LogP contribution in [0.5, 0.6) is 5.75 Å². The summed E-state index contributed by atoms with van der Waals surface area (Å²) in [5, 5.41) is 12.9. The molecule has 0 heterocycles. The van der Waals surface area contributed by atoms with Crippen molar-refractivity contribution in [3.05, 3.63) is 28.8 Å². The summed E-state index contributed by atoms with van der Waals surface area (Å²) in [6.07, 6.45) is 0. The molecule has 1 rings (SSSR count). The molecule has 4 N–H and O–H groups in total. The van der Waals surface area contributed by atoms with Crippen LogP contribution in [-0.2, 0) is 5.41 Å². The third-order valence-corrected chi connectivity index (χ3v) is 3.10. The zero-order valence-corrected chi connectivity index (χ0v) is 12.4. The molecule has 0 fully saturated rings. The largest absolute Gasteiger partial charge is 0.507 e. The van der Waals surface area contributed by atoms with E-state index in [0.29, 0.717) is 17.7 Å². The maximum atomic E-state index is 12.1. The molecule has 1 unspecified atom stereocenters. The molecular formula is C15H24N2O2. The molecule has 0 saturated carbocycles. The normalized spacial score (nSPS) is 13.2. The fourth-order valence-electron chi connectivity index (χ4n) is 1.85. The maximum Gasteiger partial charge on any atom is 0.251 e. The number of amides is 1. The summed E-state index contributed by atoms with van der Waals surface area (Å²) in [6, 6.07) is 3.38. The zero-order chi connectivity index (χ0) is 14.8. The summed E-state index contributed by atoms with van der Waals surface area (Å²) >= 11 is 0. The number of hydrogen-bond acceptors (Lipinski definition) is 3. The van der Waals surface area contributed by atoms with Crippen LogP contribution in [0.1, 0.15) is 49.2 Å². The number of aromatic hydroxyl groups is 1. The number of benzene rings is 1. The van der Waals surface area contributed by atoms with Gasteiger partial charge in [0, 0.05) is 23.7 Å².